The molecule has 0 aromatic carbocycles. The van der Waals surface area contributed by atoms with Gasteiger partial charge in [0.05, 0.1) is 12.8 Å². The van der Waals surface area contributed by atoms with Gasteiger partial charge in [-0.05, 0) is 6.92 Å². The van der Waals surface area contributed by atoms with Crippen molar-refractivity contribution in [3.05, 3.63) is 0 Å². The Hall–Kier alpha value is -0.100. The zero-order valence-corrected chi connectivity index (χ0v) is 13.4. The SMILES string of the molecule is CC(Br)CC(=O)OCC(C)OC(=O)CC(C)Br. The fourth-order valence-electron chi connectivity index (χ4n) is 1.04. The Morgan fingerprint density at radius 3 is 1.94 bits per heavy atom. The molecule has 0 amide bonds. The standard InChI is InChI=1S/C11H18Br2O4/c1-7(12)4-10(14)16-6-9(3)17-11(15)5-8(2)13/h7-9H,4-6H2,1-3H3. The Morgan fingerprint density at radius 2 is 1.47 bits per heavy atom. The maximum Gasteiger partial charge on any atom is 0.307 e. The van der Waals surface area contributed by atoms with Crippen molar-refractivity contribution >= 4 is 43.8 Å². The highest BCUT2D eigenvalue weighted by Crippen LogP contribution is 2.07. The predicted molar refractivity (Wildman–Crippen MR) is 72.5 cm³/mol. The summed E-state index contributed by atoms with van der Waals surface area (Å²) < 4.78 is 10.0. The molecule has 3 unspecified atom stereocenters. The highest BCUT2D eigenvalue weighted by molar-refractivity contribution is 9.09. The molecule has 0 spiro atoms. The summed E-state index contributed by atoms with van der Waals surface area (Å²) in [5.74, 6) is -0.599. The van der Waals surface area contributed by atoms with Gasteiger partial charge in [-0.2, -0.15) is 0 Å². The van der Waals surface area contributed by atoms with Gasteiger partial charge in [0.2, 0.25) is 0 Å². The van der Waals surface area contributed by atoms with E-state index in [1.165, 1.54) is 0 Å². The zero-order valence-electron chi connectivity index (χ0n) is 10.2. The Morgan fingerprint density at radius 1 is 1.00 bits per heavy atom. The molecule has 0 aromatic rings. The zero-order chi connectivity index (χ0) is 13.4. The van der Waals surface area contributed by atoms with Crippen LogP contribution in [0.3, 0.4) is 0 Å². The molecule has 0 aliphatic carbocycles. The fourth-order valence-corrected chi connectivity index (χ4v) is 1.56. The van der Waals surface area contributed by atoms with E-state index in [9.17, 15) is 9.59 Å². The second kappa shape index (κ2) is 8.91. The molecule has 0 N–H and O–H groups in total. The van der Waals surface area contributed by atoms with E-state index in [2.05, 4.69) is 31.9 Å². The second-order valence-corrected chi connectivity index (χ2v) is 7.08. The van der Waals surface area contributed by atoms with E-state index >= 15 is 0 Å². The number of carbonyl (C=O) groups excluding carboxylic acids is 2. The Labute approximate surface area is 119 Å². The second-order valence-electron chi connectivity index (χ2n) is 3.95. The van der Waals surface area contributed by atoms with Crippen molar-refractivity contribution in [1.82, 2.24) is 0 Å². The van der Waals surface area contributed by atoms with Gasteiger partial charge >= 0.3 is 11.9 Å². The summed E-state index contributed by atoms with van der Waals surface area (Å²) in [6.45, 7) is 5.52. The van der Waals surface area contributed by atoms with Gasteiger partial charge in [-0.3, -0.25) is 9.59 Å². The lowest BCUT2D eigenvalue weighted by Gasteiger charge is -2.14. The summed E-state index contributed by atoms with van der Waals surface area (Å²) in [5, 5.41) is 0. The largest absolute Gasteiger partial charge is 0.462 e. The van der Waals surface area contributed by atoms with E-state index in [1.54, 1.807) is 6.92 Å². The lowest BCUT2D eigenvalue weighted by Crippen LogP contribution is -2.23. The minimum Gasteiger partial charge on any atom is -0.462 e. The van der Waals surface area contributed by atoms with E-state index in [0.717, 1.165) is 0 Å². The van der Waals surface area contributed by atoms with E-state index in [-0.39, 0.29) is 28.2 Å². The molecule has 0 radical (unpaired) electrons. The molecule has 3 atom stereocenters. The van der Waals surface area contributed by atoms with Crippen LogP contribution in [-0.4, -0.2) is 34.3 Å². The molecule has 0 aromatic heterocycles. The molecular weight excluding hydrogens is 356 g/mol. The number of esters is 2. The topological polar surface area (TPSA) is 52.6 Å². The lowest BCUT2D eigenvalue weighted by molar-refractivity contribution is -0.157. The first-order chi connectivity index (χ1) is 7.81. The van der Waals surface area contributed by atoms with Gasteiger partial charge < -0.3 is 9.47 Å². The van der Waals surface area contributed by atoms with E-state index in [1.807, 2.05) is 13.8 Å². The van der Waals surface area contributed by atoms with Crippen LogP contribution in [0, 0.1) is 0 Å². The van der Waals surface area contributed by atoms with Crippen LogP contribution >= 0.6 is 31.9 Å². The molecule has 6 heteroatoms. The highest BCUT2D eigenvalue weighted by atomic mass is 79.9. The maximum absolute atomic E-state index is 11.3. The van der Waals surface area contributed by atoms with Crippen LogP contribution in [0.25, 0.3) is 0 Å². The van der Waals surface area contributed by atoms with Crippen molar-refractivity contribution in [1.29, 1.82) is 0 Å². The minimum atomic E-state index is -0.414. The third kappa shape index (κ3) is 10.8. The summed E-state index contributed by atoms with van der Waals surface area (Å²) >= 11 is 6.52. The van der Waals surface area contributed by atoms with Crippen molar-refractivity contribution in [2.24, 2.45) is 0 Å². The number of halogens is 2. The first-order valence-corrected chi connectivity index (χ1v) is 7.27. The molecule has 100 valence electrons. The van der Waals surface area contributed by atoms with Gasteiger partial charge in [-0.1, -0.05) is 45.7 Å². The van der Waals surface area contributed by atoms with Crippen molar-refractivity contribution in [2.45, 2.75) is 49.4 Å². The van der Waals surface area contributed by atoms with Gasteiger partial charge in [0, 0.05) is 9.65 Å². The minimum absolute atomic E-state index is 0.0824. The van der Waals surface area contributed by atoms with Gasteiger partial charge in [-0.15, -0.1) is 0 Å². The van der Waals surface area contributed by atoms with Crippen molar-refractivity contribution in [3.63, 3.8) is 0 Å². The normalized spacial score (nSPS) is 15.8. The van der Waals surface area contributed by atoms with Gasteiger partial charge in [0.15, 0.2) is 0 Å². The molecule has 0 fully saturated rings. The van der Waals surface area contributed by atoms with Gasteiger partial charge in [-0.25, -0.2) is 0 Å². The average molecular weight is 374 g/mol. The summed E-state index contributed by atoms with van der Waals surface area (Å²) in [4.78, 5) is 22.7. The number of hydrogen-bond donors (Lipinski definition) is 0. The van der Waals surface area contributed by atoms with Crippen LogP contribution in [0.4, 0.5) is 0 Å². The van der Waals surface area contributed by atoms with Gasteiger partial charge in [0.1, 0.15) is 12.7 Å². The van der Waals surface area contributed by atoms with Crippen molar-refractivity contribution < 1.29 is 19.1 Å². The third-order valence-electron chi connectivity index (χ3n) is 1.71. The average Bonchev–Trinajstić information content (AvgIpc) is 2.12. The van der Waals surface area contributed by atoms with Crippen LogP contribution in [0.5, 0.6) is 0 Å². The molecule has 0 rings (SSSR count). The Bertz CT molecular complexity index is 254. The lowest BCUT2D eigenvalue weighted by atomic mass is 10.3. The van der Waals surface area contributed by atoms with Crippen LogP contribution in [0.15, 0.2) is 0 Å². The molecule has 17 heavy (non-hydrogen) atoms. The maximum atomic E-state index is 11.3. The number of alkyl halides is 2. The smallest absolute Gasteiger partial charge is 0.307 e. The molecule has 0 saturated carbocycles. The van der Waals surface area contributed by atoms with Crippen LogP contribution < -0.4 is 0 Å². The molecular formula is C11H18Br2O4. The van der Waals surface area contributed by atoms with Crippen LogP contribution in [0.2, 0.25) is 0 Å². The molecule has 0 saturated heterocycles. The number of carbonyl (C=O) groups is 2. The van der Waals surface area contributed by atoms with Crippen molar-refractivity contribution in [2.75, 3.05) is 6.61 Å². The fraction of sp³-hybridized carbons (Fsp3) is 0.818. The van der Waals surface area contributed by atoms with Gasteiger partial charge in [0.25, 0.3) is 0 Å². The van der Waals surface area contributed by atoms with Crippen LogP contribution in [0.1, 0.15) is 33.6 Å². The first kappa shape index (κ1) is 16.9. The predicted octanol–water partition coefficient (Wildman–Crippen LogP) is 2.81. The highest BCUT2D eigenvalue weighted by Gasteiger charge is 2.14. The molecule has 0 heterocycles. The summed E-state index contributed by atoms with van der Waals surface area (Å²) in [6, 6.07) is 0. The monoisotopic (exact) mass is 372 g/mol. The Balaban J connectivity index is 3.75. The third-order valence-corrected chi connectivity index (χ3v) is 2.36. The van der Waals surface area contributed by atoms with E-state index < -0.39 is 6.10 Å². The summed E-state index contributed by atoms with van der Waals surface area (Å²) in [5.41, 5.74) is 0. The molecule has 0 aliphatic heterocycles. The first-order valence-electron chi connectivity index (χ1n) is 5.44. The summed E-state index contributed by atoms with van der Waals surface area (Å²) in [6.07, 6.45) is 0.193. The van der Waals surface area contributed by atoms with E-state index in [0.29, 0.717) is 12.8 Å². The molecule has 4 nitrogen and oxygen atoms in total. The molecule has 0 aliphatic rings. The molecule has 0 bridgehead atoms. The van der Waals surface area contributed by atoms with E-state index in [4.69, 9.17) is 9.47 Å². The van der Waals surface area contributed by atoms with Crippen LogP contribution in [-0.2, 0) is 19.1 Å². The number of ether oxygens (including phenoxy) is 2. The number of hydrogen-bond acceptors (Lipinski definition) is 4. The summed E-state index contributed by atoms with van der Waals surface area (Å²) in [7, 11) is 0. The Kier molecular flexibility index (Phi) is 8.86. The number of rotatable bonds is 7. The quantitative estimate of drug-likeness (QED) is 0.508. The van der Waals surface area contributed by atoms with Crippen molar-refractivity contribution in [3.8, 4) is 0 Å².